The number of hydrogen-bond donors (Lipinski definition) is 1. The van der Waals surface area contributed by atoms with Crippen LogP contribution in [0.4, 0.5) is 5.69 Å². The highest BCUT2D eigenvalue weighted by molar-refractivity contribution is 7.91. The van der Waals surface area contributed by atoms with Gasteiger partial charge in [-0.15, -0.1) is 0 Å². The van der Waals surface area contributed by atoms with Crippen LogP contribution in [0, 0.1) is 0 Å². The molecule has 0 atom stereocenters. The Labute approximate surface area is 183 Å². The van der Waals surface area contributed by atoms with Crippen LogP contribution in [0.5, 0.6) is 0 Å². The van der Waals surface area contributed by atoms with Crippen molar-refractivity contribution >= 4 is 27.3 Å². The molecule has 1 heterocycles. The fraction of sp³-hybridized carbons (Fsp3) is 0.391. The maximum Gasteiger partial charge on any atom is 0.255 e. The molecule has 1 fully saturated rings. The molecule has 166 valence electrons. The van der Waals surface area contributed by atoms with Crippen LogP contribution in [0.2, 0.25) is 0 Å². The molecule has 1 N–H and O–H groups in total. The molecule has 0 aromatic heterocycles. The number of nitrogens with one attached hydrogen (secondary N) is 1. The van der Waals surface area contributed by atoms with E-state index < -0.39 is 9.84 Å². The van der Waals surface area contributed by atoms with E-state index in [-0.39, 0.29) is 29.1 Å². The van der Waals surface area contributed by atoms with Crippen molar-refractivity contribution in [2.45, 2.75) is 30.6 Å². The molecule has 3 rings (SSSR count). The molecule has 1 aliphatic heterocycles. The summed E-state index contributed by atoms with van der Waals surface area (Å²) < 4.78 is 29.2. The summed E-state index contributed by atoms with van der Waals surface area (Å²) in [5.41, 5.74) is 1.51. The van der Waals surface area contributed by atoms with Gasteiger partial charge in [0.15, 0.2) is 9.84 Å². The third kappa shape index (κ3) is 6.15. The summed E-state index contributed by atoms with van der Waals surface area (Å²) in [7, 11) is -2.00. The smallest absolute Gasteiger partial charge is 0.255 e. The SMILES string of the molecule is COCCS(=O)(=O)c1ccc(C(=O)Nc2ccc(C(=O)N3CCCCCC3)cc2)cc1. The zero-order chi connectivity index (χ0) is 22.3. The number of carbonyl (C=O) groups excluding carboxylic acids is 2. The van der Waals surface area contributed by atoms with Crippen LogP contribution in [-0.4, -0.2) is 57.7 Å². The Morgan fingerprint density at radius 1 is 0.903 bits per heavy atom. The van der Waals surface area contributed by atoms with Gasteiger partial charge < -0.3 is 15.0 Å². The Morgan fingerprint density at radius 2 is 1.48 bits per heavy atom. The van der Waals surface area contributed by atoms with Gasteiger partial charge in [0.2, 0.25) is 0 Å². The molecule has 31 heavy (non-hydrogen) atoms. The summed E-state index contributed by atoms with van der Waals surface area (Å²) in [5.74, 6) is -0.449. The fourth-order valence-corrected chi connectivity index (χ4v) is 4.65. The van der Waals surface area contributed by atoms with Crippen molar-refractivity contribution in [3.63, 3.8) is 0 Å². The summed E-state index contributed by atoms with van der Waals surface area (Å²) in [4.78, 5) is 27.2. The summed E-state index contributed by atoms with van der Waals surface area (Å²) in [6, 6.07) is 12.6. The van der Waals surface area contributed by atoms with Crippen LogP contribution >= 0.6 is 0 Å². The first-order valence-electron chi connectivity index (χ1n) is 10.4. The molecular formula is C23H28N2O5S. The van der Waals surface area contributed by atoms with E-state index in [1.807, 2.05) is 4.90 Å². The molecule has 0 radical (unpaired) electrons. The van der Waals surface area contributed by atoms with Crippen LogP contribution in [0.25, 0.3) is 0 Å². The maximum absolute atomic E-state index is 12.7. The zero-order valence-corrected chi connectivity index (χ0v) is 18.5. The molecule has 1 saturated heterocycles. The Bertz CT molecular complexity index is 993. The highest BCUT2D eigenvalue weighted by Crippen LogP contribution is 2.17. The predicted octanol–water partition coefficient (Wildman–Crippen LogP) is 3.38. The quantitative estimate of drug-likeness (QED) is 0.707. The molecule has 0 aliphatic carbocycles. The van der Waals surface area contributed by atoms with Gasteiger partial charge in [-0.1, -0.05) is 12.8 Å². The van der Waals surface area contributed by atoms with Gasteiger partial charge in [0.25, 0.3) is 11.8 Å². The summed E-state index contributed by atoms with van der Waals surface area (Å²) in [6.07, 6.45) is 4.39. The van der Waals surface area contributed by atoms with Crippen molar-refractivity contribution < 1.29 is 22.7 Å². The van der Waals surface area contributed by atoms with Gasteiger partial charge in [0.1, 0.15) is 0 Å². The lowest BCUT2D eigenvalue weighted by Crippen LogP contribution is -2.31. The standard InChI is InChI=1S/C23H28N2O5S/c1-30-16-17-31(28,29)21-12-8-18(9-13-21)22(26)24-20-10-6-19(7-11-20)23(27)25-14-4-2-3-5-15-25/h6-13H,2-5,14-17H2,1H3,(H,24,26). The summed E-state index contributed by atoms with van der Waals surface area (Å²) >= 11 is 0. The molecular weight excluding hydrogens is 416 g/mol. The Balaban J connectivity index is 1.62. The first kappa shape index (κ1) is 23.0. The topological polar surface area (TPSA) is 92.8 Å². The number of sulfone groups is 1. The highest BCUT2D eigenvalue weighted by Gasteiger charge is 2.18. The Hall–Kier alpha value is -2.71. The van der Waals surface area contributed by atoms with Gasteiger partial charge in [-0.05, 0) is 61.4 Å². The van der Waals surface area contributed by atoms with Crippen molar-refractivity contribution in [3.8, 4) is 0 Å². The summed E-state index contributed by atoms with van der Waals surface area (Å²) in [5, 5.41) is 2.77. The van der Waals surface area contributed by atoms with Gasteiger partial charge in [-0.2, -0.15) is 0 Å². The zero-order valence-electron chi connectivity index (χ0n) is 17.7. The molecule has 7 nitrogen and oxygen atoms in total. The summed E-state index contributed by atoms with van der Waals surface area (Å²) in [6.45, 7) is 1.68. The molecule has 1 aliphatic rings. The monoisotopic (exact) mass is 444 g/mol. The van der Waals surface area contributed by atoms with Crippen LogP contribution in [0.3, 0.4) is 0 Å². The minimum absolute atomic E-state index is 0.0186. The van der Waals surface area contributed by atoms with E-state index in [2.05, 4.69) is 5.32 Å². The first-order chi connectivity index (χ1) is 14.9. The number of carbonyl (C=O) groups is 2. The number of ether oxygens (including phenoxy) is 1. The highest BCUT2D eigenvalue weighted by atomic mass is 32.2. The lowest BCUT2D eigenvalue weighted by Gasteiger charge is -2.20. The first-order valence-corrected chi connectivity index (χ1v) is 12.1. The number of amides is 2. The third-order valence-electron chi connectivity index (χ3n) is 5.31. The number of benzene rings is 2. The molecule has 2 aromatic rings. The van der Waals surface area contributed by atoms with Gasteiger partial charge in [0, 0.05) is 37.0 Å². The predicted molar refractivity (Wildman–Crippen MR) is 119 cm³/mol. The maximum atomic E-state index is 12.7. The van der Waals surface area contributed by atoms with Crippen molar-refractivity contribution in [1.82, 2.24) is 4.90 Å². The van der Waals surface area contributed by atoms with Crippen LogP contribution < -0.4 is 5.32 Å². The lowest BCUT2D eigenvalue weighted by atomic mass is 10.1. The molecule has 0 spiro atoms. The van der Waals surface area contributed by atoms with Crippen molar-refractivity contribution in [2.24, 2.45) is 0 Å². The Morgan fingerprint density at radius 3 is 2.06 bits per heavy atom. The molecule has 2 aromatic carbocycles. The van der Waals surface area contributed by atoms with Crippen LogP contribution in [-0.2, 0) is 14.6 Å². The van der Waals surface area contributed by atoms with E-state index in [1.54, 1.807) is 24.3 Å². The van der Waals surface area contributed by atoms with Crippen molar-refractivity contribution in [1.29, 1.82) is 0 Å². The van der Waals surface area contributed by atoms with Gasteiger partial charge in [0.05, 0.1) is 17.3 Å². The average molecular weight is 445 g/mol. The molecule has 0 unspecified atom stereocenters. The number of rotatable bonds is 7. The van der Waals surface area contributed by atoms with Gasteiger partial charge in [-0.25, -0.2) is 8.42 Å². The van der Waals surface area contributed by atoms with Gasteiger partial charge in [-0.3, -0.25) is 9.59 Å². The van der Waals surface area contributed by atoms with E-state index in [0.717, 1.165) is 38.8 Å². The van der Waals surface area contributed by atoms with E-state index in [0.29, 0.717) is 16.8 Å². The van der Waals surface area contributed by atoms with Crippen LogP contribution in [0.15, 0.2) is 53.4 Å². The lowest BCUT2D eigenvalue weighted by molar-refractivity contribution is 0.0761. The van der Waals surface area contributed by atoms with E-state index in [4.69, 9.17) is 4.74 Å². The number of hydrogen-bond acceptors (Lipinski definition) is 5. The largest absolute Gasteiger partial charge is 0.384 e. The van der Waals surface area contributed by atoms with Crippen molar-refractivity contribution in [3.05, 3.63) is 59.7 Å². The molecule has 8 heteroatoms. The molecule has 0 saturated carbocycles. The van der Waals surface area contributed by atoms with E-state index >= 15 is 0 Å². The number of methoxy groups -OCH3 is 1. The minimum Gasteiger partial charge on any atom is -0.384 e. The van der Waals surface area contributed by atoms with E-state index in [9.17, 15) is 18.0 Å². The van der Waals surface area contributed by atoms with E-state index in [1.165, 1.54) is 31.4 Å². The minimum atomic E-state index is -3.44. The van der Waals surface area contributed by atoms with Crippen LogP contribution in [0.1, 0.15) is 46.4 Å². The number of likely N-dealkylation sites (tertiary alicyclic amines) is 1. The molecule has 2 amide bonds. The fourth-order valence-electron chi connectivity index (χ4n) is 3.48. The number of nitrogens with zero attached hydrogens (tertiary/aromatic N) is 1. The average Bonchev–Trinajstić information content (AvgIpc) is 3.07. The number of anilines is 1. The van der Waals surface area contributed by atoms with Gasteiger partial charge >= 0.3 is 0 Å². The second kappa shape index (κ2) is 10.5. The second-order valence-corrected chi connectivity index (χ2v) is 9.68. The van der Waals surface area contributed by atoms with Crippen molar-refractivity contribution in [2.75, 3.05) is 37.9 Å². The third-order valence-corrected chi connectivity index (χ3v) is 7.01. The normalized spacial score (nSPS) is 14.7. The Kier molecular flexibility index (Phi) is 7.81. The molecule has 0 bridgehead atoms. The second-order valence-electron chi connectivity index (χ2n) is 7.57.